The van der Waals surface area contributed by atoms with E-state index in [2.05, 4.69) is 23.8 Å². The van der Waals surface area contributed by atoms with Crippen molar-refractivity contribution in [2.24, 2.45) is 5.92 Å². The molecule has 4 heteroatoms. The molecule has 0 bridgehead atoms. The maximum atomic E-state index is 5.76. The van der Waals surface area contributed by atoms with Gasteiger partial charge in [-0.05, 0) is 19.3 Å². The van der Waals surface area contributed by atoms with Gasteiger partial charge in [-0.3, -0.25) is 0 Å². The van der Waals surface area contributed by atoms with Crippen LogP contribution in [0.25, 0.3) is 11.3 Å². The fraction of sp³-hybridized carbons (Fsp3) is 0.524. The van der Waals surface area contributed by atoms with E-state index in [1.165, 1.54) is 25.7 Å². The summed E-state index contributed by atoms with van der Waals surface area (Å²) in [5, 5.41) is 0. The van der Waals surface area contributed by atoms with Crippen LogP contribution in [0.2, 0.25) is 0 Å². The number of aromatic nitrogens is 2. The highest BCUT2D eigenvalue weighted by Gasteiger charge is 2.11. The van der Waals surface area contributed by atoms with Crippen LogP contribution in [0, 0.1) is 5.92 Å². The second-order valence-corrected chi connectivity index (χ2v) is 6.38. The Kier molecular flexibility index (Phi) is 8.23. The first-order chi connectivity index (χ1) is 12.2. The zero-order valence-corrected chi connectivity index (χ0v) is 15.7. The van der Waals surface area contributed by atoms with E-state index >= 15 is 0 Å². The van der Waals surface area contributed by atoms with Crippen molar-refractivity contribution in [2.45, 2.75) is 52.9 Å². The van der Waals surface area contributed by atoms with Gasteiger partial charge < -0.3 is 9.47 Å². The van der Waals surface area contributed by atoms with Crippen molar-refractivity contribution in [1.82, 2.24) is 9.97 Å². The van der Waals surface area contributed by atoms with E-state index in [1.807, 2.05) is 37.3 Å². The van der Waals surface area contributed by atoms with Gasteiger partial charge in [0, 0.05) is 5.56 Å². The molecule has 136 valence electrons. The minimum atomic E-state index is 0.421. The molecule has 2 aromatic rings. The van der Waals surface area contributed by atoms with E-state index in [0.717, 1.165) is 23.6 Å². The van der Waals surface area contributed by atoms with Crippen LogP contribution >= 0.6 is 0 Å². The molecule has 1 atom stereocenters. The lowest BCUT2D eigenvalue weighted by Crippen LogP contribution is -2.04. The molecule has 0 N–H and O–H groups in total. The van der Waals surface area contributed by atoms with E-state index in [1.54, 1.807) is 6.20 Å². The Hall–Kier alpha value is -2.10. The zero-order chi connectivity index (χ0) is 17.9. The third kappa shape index (κ3) is 6.37. The Labute approximate surface area is 151 Å². The molecule has 0 aliphatic heterocycles. The highest BCUT2D eigenvalue weighted by Crippen LogP contribution is 2.28. The molecule has 0 radical (unpaired) electrons. The molecule has 0 fully saturated rings. The van der Waals surface area contributed by atoms with Crippen molar-refractivity contribution in [3.05, 3.63) is 36.5 Å². The average Bonchev–Trinajstić information content (AvgIpc) is 2.66. The number of unbranched alkanes of at least 4 members (excludes halogenated alkanes) is 2. The standard InChI is InChI=1S/C21H30N2O2/c1-4-17(3)12-8-7-11-15-25-21-22-16-19(24-5-2)20(23-21)18-13-9-6-10-14-18/h6,9-10,13-14,16-17H,4-5,7-8,11-12,15H2,1-3H3. The lowest BCUT2D eigenvalue weighted by Gasteiger charge is -2.11. The van der Waals surface area contributed by atoms with Crippen molar-refractivity contribution in [3.8, 4) is 23.0 Å². The minimum absolute atomic E-state index is 0.421. The van der Waals surface area contributed by atoms with Gasteiger partial charge in [-0.2, -0.15) is 9.97 Å². The van der Waals surface area contributed by atoms with Crippen LogP contribution < -0.4 is 9.47 Å². The first kappa shape index (κ1) is 19.2. The van der Waals surface area contributed by atoms with Gasteiger partial charge in [0.25, 0.3) is 0 Å². The van der Waals surface area contributed by atoms with Gasteiger partial charge in [0.05, 0.1) is 19.4 Å². The van der Waals surface area contributed by atoms with E-state index in [4.69, 9.17) is 9.47 Å². The van der Waals surface area contributed by atoms with Crippen molar-refractivity contribution >= 4 is 0 Å². The molecule has 0 saturated heterocycles. The molecule has 0 spiro atoms. The lowest BCUT2D eigenvalue weighted by atomic mass is 10.0. The summed E-state index contributed by atoms with van der Waals surface area (Å²) in [4.78, 5) is 8.85. The number of hydrogen-bond donors (Lipinski definition) is 0. The fourth-order valence-electron chi connectivity index (χ4n) is 2.63. The molecule has 1 heterocycles. The van der Waals surface area contributed by atoms with Crippen LogP contribution in [0.4, 0.5) is 0 Å². The Morgan fingerprint density at radius 2 is 1.80 bits per heavy atom. The van der Waals surface area contributed by atoms with E-state index in [-0.39, 0.29) is 0 Å². The van der Waals surface area contributed by atoms with Crippen LogP contribution in [0.15, 0.2) is 36.5 Å². The Morgan fingerprint density at radius 1 is 1.00 bits per heavy atom. The number of ether oxygens (including phenoxy) is 2. The van der Waals surface area contributed by atoms with Gasteiger partial charge in [0.2, 0.25) is 0 Å². The Morgan fingerprint density at radius 3 is 2.52 bits per heavy atom. The number of hydrogen-bond acceptors (Lipinski definition) is 4. The van der Waals surface area contributed by atoms with Crippen LogP contribution in [0.5, 0.6) is 11.8 Å². The Bertz CT molecular complexity index is 617. The molecule has 0 amide bonds. The highest BCUT2D eigenvalue weighted by atomic mass is 16.5. The molecular weight excluding hydrogens is 312 g/mol. The molecule has 0 saturated carbocycles. The third-order valence-corrected chi connectivity index (χ3v) is 4.35. The second kappa shape index (κ2) is 10.7. The number of nitrogens with zero attached hydrogens (tertiary/aromatic N) is 2. The molecule has 2 rings (SSSR count). The van der Waals surface area contributed by atoms with Crippen LogP contribution in [0.1, 0.15) is 52.9 Å². The van der Waals surface area contributed by atoms with E-state index in [0.29, 0.717) is 25.0 Å². The molecule has 25 heavy (non-hydrogen) atoms. The van der Waals surface area contributed by atoms with Gasteiger partial charge in [-0.25, -0.2) is 0 Å². The smallest absolute Gasteiger partial charge is 0.317 e. The molecule has 4 nitrogen and oxygen atoms in total. The predicted octanol–water partition coefficient (Wildman–Crippen LogP) is 5.53. The molecule has 1 unspecified atom stereocenters. The SMILES string of the molecule is CCOc1cnc(OCCCCCC(C)CC)nc1-c1ccccc1. The third-order valence-electron chi connectivity index (χ3n) is 4.35. The molecule has 0 aliphatic rings. The summed E-state index contributed by atoms with van der Waals surface area (Å²) in [5.74, 6) is 1.51. The number of rotatable bonds is 11. The summed E-state index contributed by atoms with van der Waals surface area (Å²) >= 11 is 0. The maximum Gasteiger partial charge on any atom is 0.317 e. The maximum absolute atomic E-state index is 5.76. The summed E-state index contributed by atoms with van der Waals surface area (Å²) in [6.45, 7) is 7.76. The first-order valence-electron chi connectivity index (χ1n) is 9.42. The quantitative estimate of drug-likeness (QED) is 0.504. The molecule has 1 aromatic heterocycles. The topological polar surface area (TPSA) is 44.2 Å². The van der Waals surface area contributed by atoms with Crippen molar-refractivity contribution < 1.29 is 9.47 Å². The summed E-state index contributed by atoms with van der Waals surface area (Å²) < 4.78 is 11.4. The summed E-state index contributed by atoms with van der Waals surface area (Å²) in [5.41, 5.74) is 1.79. The summed E-state index contributed by atoms with van der Waals surface area (Å²) in [7, 11) is 0. The normalized spacial score (nSPS) is 12.0. The molecular formula is C21H30N2O2. The van der Waals surface area contributed by atoms with Gasteiger partial charge >= 0.3 is 6.01 Å². The average molecular weight is 342 g/mol. The minimum Gasteiger partial charge on any atom is -0.490 e. The van der Waals surface area contributed by atoms with Gasteiger partial charge in [0.15, 0.2) is 5.75 Å². The van der Waals surface area contributed by atoms with E-state index in [9.17, 15) is 0 Å². The molecule has 1 aromatic carbocycles. The lowest BCUT2D eigenvalue weighted by molar-refractivity contribution is 0.277. The van der Waals surface area contributed by atoms with E-state index < -0.39 is 0 Å². The Balaban J connectivity index is 1.91. The largest absolute Gasteiger partial charge is 0.490 e. The van der Waals surface area contributed by atoms with Crippen LogP contribution in [0.3, 0.4) is 0 Å². The van der Waals surface area contributed by atoms with Crippen LogP contribution in [-0.4, -0.2) is 23.2 Å². The highest BCUT2D eigenvalue weighted by molar-refractivity contribution is 5.65. The van der Waals surface area contributed by atoms with Crippen molar-refractivity contribution in [2.75, 3.05) is 13.2 Å². The van der Waals surface area contributed by atoms with Crippen molar-refractivity contribution in [1.29, 1.82) is 0 Å². The fourth-order valence-corrected chi connectivity index (χ4v) is 2.63. The summed E-state index contributed by atoms with van der Waals surface area (Å²) in [6.07, 6.45) is 7.75. The zero-order valence-electron chi connectivity index (χ0n) is 15.7. The van der Waals surface area contributed by atoms with Crippen molar-refractivity contribution in [3.63, 3.8) is 0 Å². The first-order valence-corrected chi connectivity index (χ1v) is 9.42. The van der Waals surface area contributed by atoms with Crippen LogP contribution in [-0.2, 0) is 0 Å². The second-order valence-electron chi connectivity index (χ2n) is 6.38. The van der Waals surface area contributed by atoms with Gasteiger partial charge in [-0.1, -0.05) is 69.9 Å². The van der Waals surface area contributed by atoms with Gasteiger partial charge in [0.1, 0.15) is 5.69 Å². The monoisotopic (exact) mass is 342 g/mol. The summed E-state index contributed by atoms with van der Waals surface area (Å²) in [6, 6.07) is 10.4. The molecule has 0 aliphatic carbocycles. The van der Waals surface area contributed by atoms with Gasteiger partial charge in [-0.15, -0.1) is 0 Å². The predicted molar refractivity (Wildman–Crippen MR) is 102 cm³/mol. The number of benzene rings is 1.